The highest BCUT2D eigenvalue weighted by atomic mass is 32.1. The average Bonchev–Trinajstić information content (AvgIpc) is 2.95. The number of aryl methyl sites for hydroxylation is 1. The van der Waals surface area contributed by atoms with Crippen molar-refractivity contribution in [2.45, 2.75) is 6.92 Å². The van der Waals surface area contributed by atoms with Gasteiger partial charge in [-0.25, -0.2) is 0 Å². The number of carbonyl (C=O) groups is 1. The summed E-state index contributed by atoms with van der Waals surface area (Å²) in [6, 6.07) is 9.99. The number of hydrogen-bond donors (Lipinski definition) is 1. The molecule has 1 saturated heterocycles. The number of nitrogens with zero attached hydrogens (tertiary/aromatic N) is 2. The van der Waals surface area contributed by atoms with Gasteiger partial charge in [-0.05, 0) is 43.4 Å². The van der Waals surface area contributed by atoms with Gasteiger partial charge in [0.2, 0.25) is 0 Å². The summed E-state index contributed by atoms with van der Waals surface area (Å²) in [5, 5.41) is 14.5. The molecule has 0 saturated carbocycles. The molecule has 8 nitrogen and oxygen atoms in total. The Morgan fingerprint density at radius 2 is 1.75 bits per heavy atom. The van der Waals surface area contributed by atoms with Crippen molar-refractivity contribution < 1.29 is 19.2 Å². The largest absolute Gasteiger partial charge is 0.493 e. The molecule has 1 fully saturated rings. The molecule has 0 bridgehead atoms. The number of nitro groups is 1. The van der Waals surface area contributed by atoms with Crippen molar-refractivity contribution >= 4 is 40.7 Å². The number of anilines is 1. The Labute approximate surface area is 166 Å². The van der Waals surface area contributed by atoms with E-state index in [4.69, 9.17) is 21.7 Å². The number of benzene rings is 2. The molecule has 1 aliphatic heterocycles. The topological polar surface area (TPSA) is 93.9 Å². The van der Waals surface area contributed by atoms with Crippen molar-refractivity contribution in [3.63, 3.8) is 0 Å². The lowest BCUT2D eigenvalue weighted by Crippen LogP contribution is -2.30. The van der Waals surface area contributed by atoms with E-state index in [1.165, 1.54) is 37.3 Å². The zero-order chi connectivity index (χ0) is 20.4. The SMILES string of the molecule is COc1cc(/C=C2\NC(=S)N(c3ccc(C)cc3)C2=O)c([N+](=O)[O-])cc1OC. The van der Waals surface area contributed by atoms with Crippen LogP contribution in [0.4, 0.5) is 11.4 Å². The van der Waals surface area contributed by atoms with E-state index in [1.807, 2.05) is 19.1 Å². The van der Waals surface area contributed by atoms with Crippen LogP contribution in [-0.2, 0) is 4.79 Å². The first-order valence-corrected chi connectivity index (χ1v) is 8.60. The second kappa shape index (κ2) is 7.65. The predicted octanol–water partition coefficient (Wildman–Crippen LogP) is 3.18. The Balaban J connectivity index is 2.04. The molecule has 3 rings (SSSR count). The number of nitrogens with one attached hydrogen (secondary N) is 1. The number of carbonyl (C=O) groups excluding carboxylic acids is 1. The average molecular weight is 399 g/mol. The van der Waals surface area contributed by atoms with Crippen LogP contribution in [0, 0.1) is 17.0 Å². The van der Waals surface area contributed by atoms with Gasteiger partial charge in [-0.3, -0.25) is 19.8 Å². The fourth-order valence-electron chi connectivity index (χ4n) is 2.78. The second-order valence-corrected chi connectivity index (χ2v) is 6.37. The third-order valence-electron chi connectivity index (χ3n) is 4.20. The summed E-state index contributed by atoms with van der Waals surface area (Å²) in [7, 11) is 2.81. The highest BCUT2D eigenvalue weighted by molar-refractivity contribution is 7.80. The Kier molecular flexibility index (Phi) is 5.27. The van der Waals surface area contributed by atoms with Gasteiger partial charge < -0.3 is 14.8 Å². The molecule has 28 heavy (non-hydrogen) atoms. The molecular formula is C19H17N3O5S. The molecule has 0 aliphatic carbocycles. The van der Waals surface area contributed by atoms with Crippen molar-refractivity contribution in [2.24, 2.45) is 0 Å². The molecule has 1 amide bonds. The second-order valence-electron chi connectivity index (χ2n) is 5.99. The third kappa shape index (κ3) is 3.52. The number of thiocarbonyl (C=S) groups is 1. The van der Waals surface area contributed by atoms with Crippen LogP contribution in [0.5, 0.6) is 11.5 Å². The highest BCUT2D eigenvalue weighted by Gasteiger charge is 2.32. The Hall–Kier alpha value is -3.46. The van der Waals surface area contributed by atoms with E-state index in [2.05, 4.69) is 5.32 Å². The lowest BCUT2D eigenvalue weighted by molar-refractivity contribution is -0.385. The molecule has 9 heteroatoms. The zero-order valence-electron chi connectivity index (χ0n) is 15.4. The van der Waals surface area contributed by atoms with Crippen LogP contribution < -0.4 is 19.7 Å². The monoisotopic (exact) mass is 399 g/mol. The number of amides is 1. The van der Waals surface area contributed by atoms with E-state index < -0.39 is 10.8 Å². The van der Waals surface area contributed by atoms with E-state index in [9.17, 15) is 14.9 Å². The van der Waals surface area contributed by atoms with Crippen molar-refractivity contribution in [1.82, 2.24) is 5.32 Å². The fraction of sp³-hybridized carbons (Fsp3) is 0.158. The zero-order valence-corrected chi connectivity index (χ0v) is 16.2. The van der Waals surface area contributed by atoms with E-state index >= 15 is 0 Å². The van der Waals surface area contributed by atoms with Crippen LogP contribution in [0.25, 0.3) is 6.08 Å². The molecule has 0 unspecified atom stereocenters. The minimum absolute atomic E-state index is 0.126. The molecule has 0 atom stereocenters. The van der Waals surface area contributed by atoms with Gasteiger partial charge in [-0.1, -0.05) is 17.7 Å². The first-order chi connectivity index (χ1) is 13.3. The number of hydrogen-bond acceptors (Lipinski definition) is 6. The molecular weight excluding hydrogens is 382 g/mol. The molecule has 1 aliphatic rings. The summed E-state index contributed by atoms with van der Waals surface area (Å²) in [5.41, 5.74) is 1.75. The van der Waals surface area contributed by atoms with Crippen LogP contribution >= 0.6 is 12.2 Å². The summed E-state index contributed by atoms with van der Waals surface area (Å²) in [6.45, 7) is 1.94. The van der Waals surface area contributed by atoms with Crippen LogP contribution in [0.2, 0.25) is 0 Å². The van der Waals surface area contributed by atoms with Gasteiger partial charge in [0.05, 0.1) is 36.5 Å². The molecule has 0 spiro atoms. The number of methoxy groups -OCH3 is 2. The summed E-state index contributed by atoms with van der Waals surface area (Å²) < 4.78 is 10.3. The number of nitro benzene ring substituents is 1. The van der Waals surface area contributed by atoms with Gasteiger partial charge in [0.15, 0.2) is 16.6 Å². The molecule has 144 valence electrons. The Morgan fingerprint density at radius 1 is 1.14 bits per heavy atom. The number of rotatable bonds is 5. The van der Waals surface area contributed by atoms with Crippen molar-refractivity contribution in [2.75, 3.05) is 19.1 Å². The molecule has 1 N–H and O–H groups in total. The maximum Gasteiger partial charge on any atom is 0.281 e. The standard InChI is InChI=1S/C19H17N3O5S/c1-11-4-6-13(7-5-11)21-18(23)14(20-19(21)28)8-12-9-16(26-2)17(27-3)10-15(12)22(24)25/h4-10H,1-3H3,(H,20,28)/b14-8-. The smallest absolute Gasteiger partial charge is 0.281 e. The normalized spacial score (nSPS) is 15.0. The van der Waals surface area contributed by atoms with Gasteiger partial charge in [0.1, 0.15) is 5.70 Å². The minimum Gasteiger partial charge on any atom is -0.493 e. The van der Waals surface area contributed by atoms with Crippen molar-refractivity contribution in [3.8, 4) is 11.5 Å². The molecule has 2 aromatic rings. The maximum absolute atomic E-state index is 12.8. The van der Waals surface area contributed by atoms with E-state index in [1.54, 1.807) is 12.1 Å². The first kappa shape index (κ1) is 19.3. The van der Waals surface area contributed by atoms with Gasteiger partial charge in [-0.15, -0.1) is 0 Å². The van der Waals surface area contributed by atoms with Gasteiger partial charge in [0.25, 0.3) is 11.6 Å². The lowest BCUT2D eigenvalue weighted by Gasteiger charge is -2.14. The van der Waals surface area contributed by atoms with Gasteiger partial charge >= 0.3 is 0 Å². The van der Waals surface area contributed by atoms with Crippen LogP contribution in [0.15, 0.2) is 42.1 Å². The number of ether oxygens (including phenoxy) is 2. The van der Waals surface area contributed by atoms with Crippen LogP contribution in [0.1, 0.15) is 11.1 Å². The first-order valence-electron chi connectivity index (χ1n) is 8.20. The minimum atomic E-state index is -0.552. The van der Waals surface area contributed by atoms with Gasteiger partial charge in [0, 0.05) is 0 Å². The summed E-state index contributed by atoms with van der Waals surface area (Å²) in [5.74, 6) is 0.125. The Morgan fingerprint density at radius 3 is 2.32 bits per heavy atom. The van der Waals surface area contributed by atoms with Crippen molar-refractivity contribution in [3.05, 3.63) is 63.3 Å². The summed E-state index contributed by atoms with van der Waals surface area (Å²) in [6.07, 6.45) is 1.38. The van der Waals surface area contributed by atoms with Crippen molar-refractivity contribution in [1.29, 1.82) is 0 Å². The Bertz CT molecular complexity index is 1000. The quantitative estimate of drug-likeness (QED) is 0.357. The van der Waals surface area contributed by atoms with Gasteiger partial charge in [-0.2, -0.15) is 0 Å². The fourth-order valence-corrected chi connectivity index (χ4v) is 3.07. The van der Waals surface area contributed by atoms with Crippen LogP contribution in [0.3, 0.4) is 0 Å². The highest BCUT2D eigenvalue weighted by Crippen LogP contribution is 2.36. The maximum atomic E-state index is 12.8. The molecule has 0 aromatic heterocycles. The molecule has 0 radical (unpaired) electrons. The summed E-state index contributed by atoms with van der Waals surface area (Å²) >= 11 is 5.27. The van der Waals surface area contributed by atoms with E-state index in [0.717, 1.165) is 5.56 Å². The lowest BCUT2D eigenvalue weighted by atomic mass is 10.1. The van der Waals surface area contributed by atoms with E-state index in [0.29, 0.717) is 11.4 Å². The predicted molar refractivity (Wildman–Crippen MR) is 109 cm³/mol. The summed E-state index contributed by atoms with van der Waals surface area (Å²) in [4.78, 5) is 25.1. The van der Waals surface area contributed by atoms with Crippen LogP contribution in [-0.4, -0.2) is 30.2 Å². The third-order valence-corrected chi connectivity index (χ3v) is 4.48. The van der Waals surface area contributed by atoms with E-state index in [-0.39, 0.29) is 27.8 Å². The molecule has 1 heterocycles. The molecule has 2 aromatic carbocycles.